The van der Waals surface area contributed by atoms with E-state index in [4.69, 9.17) is 16.3 Å². The summed E-state index contributed by atoms with van der Waals surface area (Å²) in [5, 5.41) is 0.846. The first-order valence-corrected chi connectivity index (χ1v) is 7.19. The Morgan fingerprint density at radius 2 is 2.00 bits per heavy atom. The number of ether oxygens (including phenoxy) is 1. The summed E-state index contributed by atoms with van der Waals surface area (Å²) in [5.41, 5.74) is 1.20. The van der Waals surface area contributed by atoms with Gasteiger partial charge in [0.15, 0.2) is 0 Å². The molecule has 0 aliphatic carbocycles. The third kappa shape index (κ3) is 2.68. The van der Waals surface area contributed by atoms with Crippen LogP contribution in [0.3, 0.4) is 0 Å². The third-order valence-electron chi connectivity index (χ3n) is 3.53. The second-order valence-corrected chi connectivity index (χ2v) is 6.21. The molecule has 92 valence electrons. The van der Waals surface area contributed by atoms with E-state index in [9.17, 15) is 0 Å². The van der Waals surface area contributed by atoms with Crippen LogP contribution in [-0.2, 0) is 11.3 Å². The average molecular weight is 317 g/mol. The molecule has 4 heteroatoms. The molecule has 17 heavy (non-hydrogen) atoms. The van der Waals surface area contributed by atoms with Gasteiger partial charge >= 0.3 is 0 Å². The van der Waals surface area contributed by atoms with Crippen LogP contribution < -0.4 is 0 Å². The van der Waals surface area contributed by atoms with Crippen molar-refractivity contribution in [1.29, 1.82) is 0 Å². The molecule has 0 spiro atoms. The number of morpholine rings is 1. The monoisotopic (exact) mass is 315 g/mol. The van der Waals surface area contributed by atoms with Crippen LogP contribution in [0.5, 0.6) is 0 Å². The largest absolute Gasteiger partial charge is 0.372 e. The highest BCUT2D eigenvalue weighted by molar-refractivity contribution is 9.10. The lowest BCUT2D eigenvalue weighted by Gasteiger charge is -2.32. The maximum atomic E-state index is 6.25. The van der Waals surface area contributed by atoms with Gasteiger partial charge in [-0.05, 0) is 30.5 Å². The molecule has 0 saturated carbocycles. The molecule has 0 N–H and O–H groups in total. The number of likely N-dealkylation sites (tertiary alicyclic amines) is 1. The van der Waals surface area contributed by atoms with Crippen LogP contribution in [0, 0.1) is 0 Å². The second kappa shape index (κ2) is 4.88. The predicted octanol–water partition coefficient (Wildman–Crippen LogP) is 3.47. The fourth-order valence-corrected chi connectivity index (χ4v) is 3.45. The molecule has 0 aromatic heterocycles. The van der Waals surface area contributed by atoms with E-state index in [1.54, 1.807) is 0 Å². The van der Waals surface area contributed by atoms with E-state index in [1.165, 1.54) is 18.4 Å². The Morgan fingerprint density at radius 3 is 2.65 bits per heavy atom. The minimum absolute atomic E-state index is 0.447. The molecule has 2 aliphatic rings. The number of benzene rings is 1. The van der Waals surface area contributed by atoms with E-state index >= 15 is 0 Å². The topological polar surface area (TPSA) is 12.5 Å². The zero-order valence-electron chi connectivity index (χ0n) is 9.53. The Kier molecular flexibility index (Phi) is 3.44. The lowest BCUT2D eigenvalue weighted by atomic mass is 10.2. The van der Waals surface area contributed by atoms with E-state index < -0.39 is 0 Å². The van der Waals surface area contributed by atoms with Gasteiger partial charge in [-0.25, -0.2) is 0 Å². The Balaban J connectivity index is 1.70. The zero-order valence-corrected chi connectivity index (χ0v) is 11.9. The molecule has 0 amide bonds. The van der Waals surface area contributed by atoms with E-state index in [0.29, 0.717) is 12.2 Å². The first kappa shape index (κ1) is 12.0. The lowest BCUT2D eigenvalue weighted by Crippen LogP contribution is -2.42. The summed E-state index contributed by atoms with van der Waals surface area (Å²) in [7, 11) is 0. The minimum Gasteiger partial charge on any atom is -0.372 e. The third-order valence-corrected chi connectivity index (χ3v) is 4.37. The predicted molar refractivity (Wildman–Crippen MR) is 72.3 cm³/mol. The number of hydrogen-bond acceptors (Lipinski definition) is 2. The summed E-state index contributed by atoms with van der Waals surface area (Å²) in [4.78, 5) is 2.46. The molecule has 2 aliphatic heterocycles. The van der Waals surface area contributed by atoms with Crippen molar-refractivity contribution in [3.63, 3.8) is 0 Å². The molecule has 2 saturated heterocycles. The van der Waals surface area contributed by atoms with Crippen molar-refractivity contribution in [1.82, 2.24) is 4.90 Å². The summed E-state index contributed by atoms with van der Waals surface area (Å²) in [6, 6.07) is 6.12. The van der Waals surface area contributed by atoms with Gasteiger partial charge in [0.1, 0.15) is 0 Å². The van der Waals surface area contributed by atoms with Crippen LogP contribution in [-0.4, -0.2) is 30.2 Å². The zero-order chi connectivity index (χ0) is 11.8. The number of hydrogen-bond donors (Lipinski definition) is 0. The van der Waals surface area contributed by atoms with Gasteiger partial charge in [0, 0.05) is 29.1 Å². The number of halogens is 2. The molecule has 1 aromatic carbocycles. The normalized spacial score (nSPS) is 28.6. The van der Waals surface area contributed by atoms with Crippen molar-refractivity contribution in [3.8, 4) is 0 Å². The van der Waals surface area contributed by atoms with Gasteiger partial charge in [-0.2, -0.15) is 0 Å². The highest BCUT2D eigenvalue weighted by atomic mass is 79.9. The first-order valence-electron chi connectivity index (χ1n) is 6.02. The van der Waals surface area contributed by atoms with Crippen LogP contribution in [0.15, 0.2) is 22.7 Å². The number of fused-ring (bicyclic) bond motifs is 2. The van der Waals surface area contributed by atoms with Crippen molar-refractivity contribution < 1.29 is 4.74 Å². The van der Waals surface area contributed by atoms with E-state index in [1.807, 2.05) is 6.07 Å². The van der Waals surface area contributed by atoms with Gasteiger partial charge in [-0.1, -0.05) is 33.6 Å². The summed E-state index contributed by atoms with van der Waals surface area (Å²) >= 11 is 9.68. The average Bonchev–Trinajstić information content (AvgIpc) is 2.62. The van der Waals surface area contributed by atoms with E-state index in [2.05, 4.69) is 33.0 Å². The Labute approximate surface area is 115 Å². The van der Waals surface area contributed by atoms with Gasteiger partial charge in [-0.15, -0.1) is 0 Å². The standard InChI is InChI=1S/C13H15BrClNO/c14-10-2-1-9(13(15)5-10)6-16-7-11-3-4-12(8-16)17-11/h1-2,5,11-12H,3-4,6-8H2. The van der Waals surface area contributed by atoms with Crippen LogP contribution in [0.2, 0.25) is 5.02 Å². The Bertz CT molecular complexity index is 414. The molecule has 0 radical (unpaired) electrons. The minimum atomic E-state index is 0.447. The van der Waals surface area contributed by atoms with Crippen molar-refractivity contribution in [2.75, 3.05) is 13.1 Å². The van der Waals surface area contributed by atoms with Gasteiger partial charge in [0.25, 0.3) is 0 Å². The van der Waals surface area contributed by atoms with Crippen LogP contribution in [0.4, 0.5) is 0 Å². The Hall–Kier alpha value is -0.0900. The van der Waals surface area contributed by atoms with Gasteiger partial charge in [-0.3, -0.25) is 4.90 Å². The van der Waals surface area contributed by atoms with Crippen molar-refractivity contribution in [3.05, 3.63) is 33.3 Å². The fourth-order valence-electron chi connectivity index (χ4n) is 2.72. The summed E-state index contributed by atoms with van der Waals surface area (Å²) in [6.45, 7) is 3.02. The van der Waals surface area contributed by atoms with Crippen molar-refractivity contribution in [2.45, 2.75) is 31.6 Å². The highest BCUT2D eigenvalue weighted by Crippen LogP contribution is 2.29. The highest BCUT2D eigenvalue weighted by Gasteiger charge is 2.33. The number of rotatable bonds is 2. The second-order valence-electron chi connectivity index (χ2n) is 4.89. The molecule has 2 unspecified atom stereocenters. The van der Waals surface area contributed by atoms with E-state index in [0.717, 1.165) is 29.1 Å². The van der Waals surface area contributed by atoms with Crippen LogP contribution in [0.1, 0.15) is 18.4 Å². The molecular formula is C13H15BrClNO. The molecule has 2 heterocycles. The van der Waals surface area contributed by atoms with Crippen LogP contribution >= 0.6 is 27.5 Å². The lowest BCUT2D eigenvalue weighted by molar-refractivity contribution is -0.0410. The molecule has 2 atom stereocenters. The fraction of sp³-hybridized carbons (Fsp3) is 0.538. The van der Waals surface area contributed by atoms with Crippen molar-refractivity contribution >= 4 is 27.5 Å². The Morgan fingerprint density at radius 1 is 1.29 bits per heavy atom. The first-order chi connectivity index (χ1) is 8.20. The molecule has 3 rings (SSSR count). The summed E-state index contributed by atoms with van der Waals surface area (Å²) < 4.78 is 6.87. The molecule has 2 bridgehead atoms. The quantitative estimate of drug-likeness (QED) is 0.828. The van der Waals surface area contributed by atoms with E-state index in [-0.39, 0.29) is 0 Å². The van der Waals surface area contributed by atoms with Gasteiger partial charge in [0.05, 0.1) is 12.2 Å². The molecular weight excluding hydrogens is 302 g/mol. The van der Waals surface area contributed by atoms with Crippen LogP contribution in [0.25, 0.3) is 0 Å². The van der Waals surface area contributed by atoms with Gasteiger partial charge in [0.2, 0.25) is 0 Å². The summed E-state index contributed by atoms with van der Waals surface area (Å²) in [6.07, 6.45) is 3.33. The molecule has 1 aromatic rings. The maximum Gasteiger partial charge on any atom is 0.0707 e. The maximum absolute atomic E-state index is 6.25. The summed E-state index contributed by atoms with van der Waals surface area (Å²) in [5.74, 6) is 0. The van der Waals surface area contributed by atoms with Crippen molar-refractivity contribution in [2.24, 2.45) is 0 Å². The molecule has 2 nitrogen and oxygen atoms in total. The smallest absolute Gasteiger partial charge is 0.0707 e. The SMILES string of the molecule is Clc1cc(Br)ccc1CN1CC2CCC(C1)O2. The number of nitrogens with zero attached hydrogens (tertiary/aromatic N) is 1. The van der Waals surface area contributed by atoms with Gasteiger partial charge < -0.3 is 4.74 Å². The molecule has 2 fully saturated rings.